The van der Waals surface area contributed by atoms with Crippen LogP contribution in [0.3, 0.4) is 0 Å². The number of amidine groups is 1. The van der Waals surface area contributed by atoms with Crippen LogP contribution in [-0.2, 0) is 14.8 Å². The fourth-order valence-electron chi connectivity index (χ4n) is 3.47. The second-order valence-electron chi connectivity index (χ2n) is 7.14. The first-order valence-corrected chi connectivity index (χ1v) is 11.2. The summed E-state index contributed by atoms with van der Waals surface area (Å²) in [5, 5.41) is 14.5. The van der Waals surface area contributed by atoms with Crippen LogP contribution >= 0.6 is 0 Å². The maximum atomic E-state index is 12.8. The summed E-state index contributed by atoms with van der Waals surface area (Å²) < 4.78 is 28.6. The Morgan fingerprint density at radius 1 is 0.938 bits per heavy atom. The molecule has 1 aliphatic rings. The molecule has 0 aliphatic carbocycles. The van der Waals surface area contributed by atoms with E-state index in [0.717, 1.165) is 17.2 Å². The highest BCUT2D eigenvalue weighted by atomic mass is 32.2. The summed E-state index contributed by atoms with van der Waals surface area (Å²) >= 11 is 0. The van der Waals surface area contributed by atoms with E-state index in [9.17, 15) is 18.0 Å². The molecule has 0 radical (unpaired) electrons. The van der Waals surface area contributed by atoms with Gasteiger partial charge in [0.1, 0.15) is 4.90 Å². The number of amides is 1. The van der Waals surface area contributed by atoms with Crippen molar-refractivity contribution in [3.05, 3.63) is 95.6 Å². The zero-order chi connectivity index (χ0) is 22.7. The molecule has 0 bridgehead atoms. The first kappa shape index (κ1) is 21.3. The molecule has 0 atom stereocenters. The Morgan fingerprint density at radius 3 is 2.09 bits per heavy atom. The maximum Gasteiger partial charge on any atom is 0.335 e. The lowest BCUT2D eigenvalue weighted by Crippen LogP contribution is -2.40. The van der Waals surface area contributed by atoms with Crippen LogP contribution in [0.4, 0.5) is 5.69 Å². The van der Waals surface area contributed by atoms with Crippen molar-refractivity contribution in [2.24, 2.45) is 4.40 Å². The summed E-state index contributed by atoms with van der Waals surface area (Å²) in [6.07, 6.45) is 0. The third kappa shape index (κ3) is 4.37. The van der Waals surface area contributed by atoms with Gasteiger partial charge in [0.15, 0.2) is 0 Å². The second-order valence-corrected chi connectivity index (χ2v) is 8.71. The van der Waals surface area contributed by atoms with Crippen molar-refractivity contribution in [1.82, 2.24) is 5.32 Å². The first-order chi connectivity index (χ1) is 15.3. The molecule has 32 heavy (non-hydrogen) atoms. The molecule has 0 saturated carbocycles. The monoisotopic (exact) mass is 449 g/mol. The number of carboxylic acid groups (broad SMARTS) is 1. The minimum Gasteiger partial charge on any atom is -0.478 e. The molecular formula is C23H19N3O5S. The van der Waals surface area contributed by atoms with Crippen molar-refractivity contribution < 1.29 is 23.1 Å². The zero-order valence-corrected chi connectivity index (χ0v) is 17.5. The molecule has 0 unspecified atom stereocenters. The summed E-state index contributed by atoms with van der Waals surface area (Å²) in [5.74, 6) is -2.46. The highest BCUT2D eigenvalue weighted by Gasteiger charge is 2.29. The summed E-state index contributed by atoms with van der Waals surface area (Å²) in [4.78, 5) is 23.6. The van der Waals surface area contributed by atoms with Crippen LogP contribution in [0.1, 0.15) is 27.4 Å². The molecule has 9 heteroatoms. The first-order valence-electron chi connectivity index (χ1n) is 9.72. The van der Waals surface area contributed by atoms with Gasteiger partial charge in [-0.3, -0.25) is 4.79 Å². The van der Waals surface area contributed by atoms with Gasteiger partial charge in [-0.2, -0.15) is 8.42 Å². The van der Waals surface area contributed by atoms with Crippen LogP contribution in [0.15, 0.2) is 88.2 Å². The number of aromatic carboxylic acids is 1. The average molecular weight is 449 g/mol. The number of benzene rings is 3. The molecule has 3 aromatic rings. The van der Waals surface area contributed by atoms with Crippen LogP contribution in [0.5, 0.6) is 0 Å². The number of rotatable bonds is 6. The van der Waals surface area contributed by atoms with E-state index in [-0.39, 0.29) is 34.4 Å². The van der Waals surface area contributed by atoms with Crippen molar-refractivity contribution in [3.63, 3.8) is 0 Å². The molecule has 0 fully saturated rings. The molecule has 0 saturated heterocycles. The van der Waals surface area contributed by atoms with Crippen LogP contribution < -0.4 is 10.6 Å². The molecule has 0 aromatic heterocycles. The Kier molecular flexibility index (Phi) is 5.74. The maximum absolute atomic E-state index is 12.8. The zero-order valence-electron chi connectivity index (χ0n) is 16.7. The number of carbonyl (C=O) groups is 2. The number of sulfonamides is 1. The highest BCUT2D eigenvalue weighted by molar-refractivity contribution is 7.90. The van der Waals surface area contributed by atoms with Gasteiger partial charge in [0.25, 0.3) is 15.9 Å². The Bertz CT molecular complexity index is 1270. The average Bonchev–Trinajstić information content (AvgIpc) is 2.79. The Morgan fingerprint density at radius 2 is 1.53 bits per heavy atom. The van der Waals surface area contributed by atoms with Crippen molar-refractivity contribution in [2.75, 3.05) is 11.9 Å². The summed E-state index contributed by atoms with van der Waals surface area (Å²) in [6.45, 7) is 0.221. The van der Waals surface area contributed by atoms with E-state index in [1.165, 1.54) is 12.1 Å². The van der Waals surface area contributed by atoms with Gasteiger partial charge in [-0.05, 0) is 29.3 Å². The quantitative estimate of drug-likeness (QED) is 0.531. The number of nitrogens with zero attached hydrogens (tertiary/aromatic N) is 1. The topological polar surface area (TPSA) is 125 Å². The fourth-order valence-corrected chi connectivity index (χ4v) is 4.61. The molecule has 4 rings (SSSR count). The summed E-state index contributed by atoms with van der Waals surface area (Å²) in [5.41, 5.74) is 1.90. The predicted molar refractivity (Wildman–Crippen MR) is 119 cm³/mol. The van der Waals surface area contributed by atoms with Crippen LogP contribution in [-0.4, -0.2) is 37.8 Å². The largest absolute Gasteiger partial charge is 0.478 e. The normalized spacial score (nSPS) is 14.1. The van der Waals surface area contributed by atoms with Gasteiger partial charge in [-0.15, -0.1) is 4.40 Å². The van der Waals surface area contributed by atoms with Gasteiger partial charge >= 0.3 is 5.97 Å². The van der Waals surface area contributed by atoms with Gasteiger partial charge in [0.2, 0.25) is 5.84 Å². The lowest BCUT2D eigenvalue weighted by Gasteiger charge is -2.21. The van der Waals surface area contributed by atoms with Gasteiger partial charge in [-0.1, -0.05) is 60.7 Å². The van der Waals surface area contributed by atoms with Gasteiger partial charge < -0.3 is 15.7 Å². The number of hydrogen-bond acceptors (Lipinski definition) is 5. The molecule has 0 spiro atoms. The fraction of sp³-hybridized carbons (Fsp3) is 0.0870. The number of hydrogen-bond donors (Lipinski definition) is 3. The minimum atomic E-state index is -4.23. The van der Waals surface area contributed by atoms with Crippen molar-refractivity contribution >= 4 is 33.4 Å². The third-order valence-electron chi connectivity index (χ3n) is 5.06. The molecule has 162 valence electrons. The van der Waals surface area contributed by atoms with Crippen LogP contribution in [0.25, 0.3) is 0 Å². The standard InChI is InChI=1S/C23H19N3O5S/c27-22(21-25-19-12-11-17(23(28)29)13-20(19)32(30,31)26-21)24-14-18(15-7-3-1-4-8-15)16-9-5-2-6-10-16/h1-13,18H,14H2,(H,24,27)(H,25,26)(H,28,29). The Labute approximate surface area is 184 Å². The van der Waals surface area contributed by atoms with Gasteiger partial charge in [0.05, 0.1) is 11.3 Å². The third-order valence-corrected chi connectivity index (χ3v) is 6.37. The predicted octanol–water partition coefficient (Wildman–Crippen LogP) is 2.85. The summed E-state index contributed by atoms with van der Waals surface area (Å²) in [7, 11) is -4.23. The van der Waals surface area contributed by atoms with Gasteiger partial charge in [0, 0.05) is 12.5 Å². The minimum absolute atomic E-state index is 0.0952. The van der Waals surface area contributed by atoms with Crippen LogP contribution in [0.2, 0.25) is 0 Å². The van der Waals surface area contributed by atoms with Crippen molar-refractivity contribution in [3.8, 4) is 0 Å². The molecule has 3 N–H and O–H groups in total. The van der Waals surface area contributed by atoms with E-state index >= 15 is 0 Å². The molecule has 1 aliphatic heterocycles. The summed E-state index contributed by atoms with van der Waals surface area (Å²) in [6, 6.07) is 22.9. The number of anilines is 1. The molecule has 1 amide bonds. The Hall–Kier alpha value is -3.98. The van der Waals surface area contributed by atoms with Crippen molar-refractivity contribution in [1.29, 1.82) is 0 Å². The van der Waals surface area contributed by atoms with E-state index < -0.39 is 21.9 Å². The molecule has 3 aromatic carbocycles. The molecule has 1 heterocycles. The molecular weight excluding hydrogens is 430 g/mol. The molecule has 8 nitrogen and oxygen atoms in total. The Balaban J connectivity index is 1.56. The van der Waals surface area contributed by atoms with Crippen molar-refractivity contribution in [2.45, 2.75) is 10.8 Å². The highest BCUT2D eigenvalue weighted by Crippen LogP contribution is 2.28. The van der Waals surface area contributed by atoms with E-state index in [1.807, 2.05) is 60.7 Å². The smallest absolute Gasteiger partial charge is 0.335 e. The lowest BCUT2D eigenvalue weighted by molar-refractivity contribution is -0.114. The van der Waals surface area contributed by atoms with E-state index in [2.05, 4.69) is 15.0 Å². The number of carboxylic acids is 1. The van der Waals surface area contributed by atoms with E-state index in [1.54, 1.807) is 0 Å². The van der Waals surface area contributed by atoms with E-state index in [0.29, 0.717) is 0 Å². The van der Waals surface area contributed by atoms with Crippen LogP contribution in [0, 0.1) is 0 Å². The number of carbonyl (C=O) groups excluding carboxylic acids is 1. The number of nitrogens with one attached hydrogen (secondary N) is 2. The van der Waals surface area contributed by atoms with Gasteiger partial charge in [-0.25, -0.2) is 4.79 Å². The SMILES string of the molecule is O=C(NCC(c1ccccc1)c1ccccc1)C1=NS(=O)(=O)c2cc(C(=O)O)ccc2N1. The second kappa shape index (κ2) is 8.64. The lowest BCUT2D eigenvalue weighted by atomic mass is 9.91. The van der Waals surface area contributed by atoms with E-state index in [4.69, 9.17) is 5.11 Å². The number of fused-ring (bicyclic) bond motifs is 1.